The van der Waals surface area contributed by atoms with Crippen LogP contribution in [-0.2, 0) is 6.61 Å². The summed E-state index contributed by atoms with van der Waals surface area (Å²) in [5.74, 6) is 0.690. The lowest BCUT2D eigenvalue weighted by Gasteiger charge is -2.05. The Hall–Kier alpha value is -1.000. The van der Waals surface area contributed by atoms with Gasteiger partial charge in [-0.3, -0.25) is 0 Å². The summed E-state index contributed by atoms with van der Waals surface area (Å²) in [6.07, 6.45) is 0. The van der Waals surface area contributed by atoms with E-state index in [2.05, 4.69) is 15.9 Å². The van der Waals surface area contributed by atoms with Gasteiger partial charge in [0.2, 0.25) is 0 Å². The molecule has 0 amide bonds. The molecule has 0 aliphatic rings. The number of hydrogen-bond acceptors (Lipinski definition) is 3. The van der Waals surface area contributed by atoms with Crippen molar-refractivity contribution in [1.82, 2.24) is 0 Å². The van der Waals surface area contributed by atoms with Crippen molar-refractivity contribution in [2.24, 2.45) is 0 Å². The van der Waals surface area contributed by atoms with E-state index < -0.39 is 0 Å². The number of ether oxygens (including phenoxy) is 1. The van der Waals surface area contributed by atoms with Gasteiger partial charge in [0.1, 0.15) is 6.61 Å². The van der Waals surface area contributed by atoms with Gasteiger partial charge in [-0.15, -0.1) is 11.3 Å². The van der Waals surface area contributed by atoms with Crippen molar-refractivity contribution < 1.29 is 9.84 Å². The number of phenolic OH excluding ortho intramolecular Hbond substituents is 1. The molecule has 0 spiro atoms. The van der Waals surface area contributed by atoms with Gasteiger partial charge >= 0.3 is 0 Å². The van der Waals surface area contributed by atoms with E-state index in [0.29, 0.717) is 12.4 Å². The first-order valence-electron chi connectivity index (χ1n) is 4.41. The zero-order chi connectivity index (χ0) is 10.7. The van der Waals surface area contributed by atoms with E-state index in [1.165, 1.54) is 0 Å². The van der Waals surface area contributed by atoms with Crippen LogP contribution >= 0.6 is 27.3 Å². The second-order valence-electron chi connectivity index (χ2n) is 2.96. The Labute approximate surface area is 100 Å². The average molecular weight is 285 g/mol. The first-order chi connectivity index (χ1) is 7.25. The Balaban J connectivity index is 2.02. The summed E-state index contributed by atoms with van der Waals surface area (Å²) >= 11 is 5.01. The van der Waals surface area contributed by atoms with Crippen LogP contribution in [0.25, 0.3) is 0 Å². The third-order valence-electron chi connectivity index (χ3n) is 1.86. The van der Waals surface area contributed by atoms with E-state index in [0.717, 1.165) is 8.66 Å². The minimum absolute atomic E-state index is 0.174. The maximum atomic E-state index is 9.46. The molecule has 15 heavy (non-hydrogen) atoms. The third-order valence-corrected chi connectivity index (χ3v) is 3.46. The fraction of sp³-hybridized carbons (Fsp3) is 0.0909. The highest BCUT2D eigenvalue weighted by Crippen LogP contribution is 2.27. The number of aromatic hydroxyl groups is 1. The number of halogens is 1. The maximum Gasteiger partial charge on any atom is 0.161 e. The highest BCUT2D eigenvalue weighted by atomic mass is 79.9. The number of phenols is 1. The van der Waals surface area contributed by atoms with Gasteiger partial charge in [0, 0.05) is 4.88 Å². The van der Waals surface area contributed by atoms with Gasteiger partial charge in [0.05, 0.1) is 3.79 Å². The van der Waals surface area contributed by atoms with E-state index in [9.17, 15) is 5.11 Å². The quantitative estimate of drug-likeness (QED) is 0.929. The number of para-hydroxylation sites is 2. The molecule has 0 aliphatic heterocycles. The van der Waals surface area contributed by atoms with Crippen LogP contribution in [0.4, 0.5) is 0 Å². The molecule has 0 radical (unpaired) electrons. The molecular formula is C11H9BrO2S. The Morgan fingerprint density at radius 2 is 2.00 bits per heavy atom. The molecule has 0 saturated heterocycles. The van der Waals surface area contributed by atoms with Crippen molar-refractivity contribution in [3.05, 3.63) is 45.1 Å². The van der Waals surface area contributed by atoms with Crippen LogP contribution in [0.15, 0.2) is 40.2 Å². The number of thiophene rings is 1. The topological polar surface area (TPSA) is 29.5 Å². The summed E-state index contributed by atoms with van der Waals surface area (Å²) in [5, 5.41) is 9.46. The van der Waals surface area contributed by atoms with Crippen molar-refractivity contribution in [3.63, 3.8) is 0 Å². The molecule has 1 heterocycles. The highest BCUT2D eigenvalue weighted by molar-refractivity contribution is 9.11. The Morgan fingerprint density at radius 1 is 1.20 bits per heavy atom. The number of hydrogen-bond donors (Lipinski definition) is 1. The molecule has 0 bridgehead atoms. The minimum atomic E-state index is 0.174. The molecule has 4 heteroatoms. The summed E-state index contributed by atoms with van der Waals surface area (Å²) in [6, 6.07) is 10.9. The van der Waals surface area contributed by atoms with E-state index in [1.807, 2.05) is 18.2 Å². The van der Waals surface area contributed by atoms with Gasteiger partial charge < -0.3 is 9.84 Å². The van der Waals surface area contributed by atoms with E-state index in [4.69, 9.17) is 4.74 Å². The first-order valence-corrected chi connectivity index (χ1v) is 6.01. The highest BCUT2D eigenvalue weighted by Gasteiger charge is 2.02. The lowest BCUT2D eigenvalue weighted by molar-refractivity contribution is 0.292. The monoisotopic (exact) mass is 284 g/mol. The summed E-state index contributed by atoms with van der Waals surface area (Å²) < 4.78 is 6.56. The van der Waals surface area contributed by atoms with Gasteiger partial charge in [-0.25, -0.2) is 0 Å². The van der Waals surface area contributed by atoms with Crippen LogP contribution in [0.2, 0.25) is 0 Å². The Bertz CT molecular complexity index is 453. The van der Waals surface area contributed by atoms with Crippen molar-refractivity contribution in [2.75, 3.05) is 0 Å². The average Bonchev–Trinajstić information content (AvgIpc) is 2.63. The maximum absolute atomic E-state index is 9.46. The van der Waals surface area contributed by atoms with Gasteiger partial charge in [0.15, 0.2) is 11.5 Å². The molecule has 2 rings (SSSR count). The summed E-state index contributed by atoms with van der Waals surface area (Å²) in [4.78, 5) is 1.12. The van der Waals surface area contributed by atoms with Crippen LogP contribution < -0.4 is 4.74 Å². The van der Waals surface area contributed by atoms with Crippen molar-refractivity contribution in [2.45, 2.75) is 6.61 Å². The van der Waals surface area contributed by atoms with E-state index in [-0.39, 0.29) is 5.75 Å². The Morgan fingerprint density at radius 3 is 2.67 bits per heavy atom. The fourth-order valence-corrected chi connectivity index (χ4v) is 2.55. The predicted molar refractivity (Wildman–Crippen MR) is 64.5 cm³/mol. The third kappa shape index (κ3) is 2.73. The number of benzene rings is 1. The van der Waals surface area contributed by atoms with Crippen LogP contribution in [-0.4, -0.2) is 5.11 Å². The van der Waals surface area contributed by atoms with Gasteiger partial charge in [0.25, 0.3) is 0 Å². The summed E-state index contributed by atoms with van der Waals surface area (Å²) in [5.41, 5.74) is 0. The zero-order valence-electron chi connectivity index (χ0n) is 7.81. The van der Waals surface area contributed by atoms with Crippen molar-refractivity contribution in [3.8, 4) is 11.5 Å². The predicted octanol–water partition coefficient (Wildman–Crippen LogP) is 3.80. The van der Waals surface area contributed by atoms with Crippen LogP contribution in [0, 0.1) is 0 Å². The zero-order valence-corrected chi connectivity index (χ0v) is 10.2. The lowest BCUT2D eigenvalue weighted by atomic mass is 10.3. The molecule has 0 saturated carbocycles. The molecule has 78 valence electrons. The summed E-state index contributed by atoms with van der Waals surface area (Å²) in [7, 11) is 0. The molecule has 0 aliphatic carbocycles. The molecule has 1 aromatic heterocycles. The van der Waals surface area contributed by atoms with E-state index in [1.54, 1.807) is 29.5 Å². The molecule has 0 unspecified atom stereocenters. The lowest BCUT2D eigenvalue weighted by Crippen LogP contribution is -1.92. The molecular weight excluding hydrogens is 276 g/mol. The van der Waals surface area contributed by atoms with Gasteiger partial charge in [-0.2, -0.15) is 0 Å². The molecule has 2 aromatic rings. The van der Waals surface area contributed by atoms with Crippen LogP contribution in [0.3, 0.4) is 0 Å². The van der Waals surface area contributed by atoms with E-state index >= 15 is 0 Å². The smallest absolute Gasteiger partial charge is 0.161 e. The van der Waals surface area contributed by atoms with Gasteiger partial charge in [-0.1, -0.05) is 12.1 Å². The van der Waals surface area contributed by atoms with Crippen LogP contribution in [0.1, 0.15) is 4.88 Å². The normalized spacial score (nSPS) is 10.2. The van der Waals surface area contributed by atoms with Crippen LogP contribution in [0.5, 0.6) is 11.5 Å². The fourth-order valence-electron chi connectivity index (χ4n) is 1.16. The molecule has 0 fully saturated rings. The first kappa shape index (κ1) is 10.5. The second kappa shape index (κ2) is 4.68. The summed E-state index contributed by atoms with van der Waals surface area (Å²) in [6.45, 7) is 0.480. The number of rotatable bonds is 3. The second-order valence-corrected chi connectivity index (χ2v) is 5.51. The SMILES string of the molecule is Oc1ccccc1OCc1ccc(Br)s1. The van der Waals surface area contributed by atoms with Gasteiger partial charge in [-0.05, 0) is 40.2 Å². The molecule has 1 N–H and O–H groups in total. The van der Waals surface area contributed by atoms with Crippen molar-refractivity contribution in [1.29, 1.82) is 0 Å². The largest absolute Gasteiger partial charge is 0.504 e. The molecule has 1 aromatic carbocycles. The Kier molecular flexibility index (Phi) is 3.28. The molecule has 2 nitrogen and oxygen atoms in total. The minimum Gasteiger partial charge on any atom is -0.504 e. The van der Waals surface area contributed by atoms with Crippen molar-refractivity contribution >= 4 is 27.3 Å². The molecule has 0 atom stereocenters. The standard InChI is InChI=1S/C11H9BrO2S/c12-11-6-5-8(15-11)7-14-10-4-2-1-3-9(10)13/h1-6,13H,7H2.